The summed E-state index contributed by atoms with van der Waals surface area (Å²) in [4.78, 5) is 5.94. The van der Waals surface area contributed by atoms with Crippen LogP contribution in [0.4, 0.5) is 5.69 Å². The molecular weight excluding hydrogens is 174 g/mol. The Balaban J connectivity index is 0. The summed E-state index contributed by atoms with van der Waals surface area (Å²) in [5.41, 5.74) is 5.69. The van der Waals surface area contributed by atoms with Gasteiger partial charge >= 0.3 is 0 Å². The maximum atomic E-state index is 4.50. The molecule has 0 radical (unpaired) electrons. The fourth-order valence-corrected chi connectivity index (χ4v) is 0.642. The van der Waals surface area contributed by atoms with E-state index in [0.29, 0.717) is 0 Å². The SMILES string of the molecule is CN.CN(C)c1ccncc1.Cl. The van der Waals surface area contributed by atoms with Gasteiger partial charge in [-0.05, 0) is 19.2 Å². The molecule has 12 heavy (non-hydrogen) atoms. The number of nitrogens with zero attached hydrogens (tertiary/aromatic N) is 2. The Labute approximate surface area is 80.0 Å². The summed E-state index contributed by atoms with van der Waals surface area (Å²) in [5.74, 6) is 0. The van der Waals surface area contributed by atoms with Crippen LogP contribution in [0, 0.1) is 0 Å². The van der Waals surface area contributed by atoms with Crippen molar-refractivity contribution in [2.24, 2.45) is 5.73 Å². The summed E-state index contributed by atoms with van der Waals surface area (Å²) in [6, 6.07) is 3.94. The molecule has 70 valence electrons. The van der Waals surface area contributed by atoms with Gasteiger partial charge in [0, 0.05) is 32.2 Å². The number of rotatable bonds is 1. The molecule has 0 spiro atoms. The van der Waals surface area contributed by atoms with Crippen LogP contribution >= 0.6 is 12.4 Å². The number of hydrogen-bond acceptors (Lipinski definition) is 3. The van der Waals surface area contributed by atoms with Gasteiger partial charge in [-0.15, -0.1) is 12.4 Å². The Morgan fingerprint density at radius 1 is 1.17 bits per heavy atom. The van der Waals surface area contributed by atoms with E-state index in [1.165, 1.54) is 12.7 Å². The average Bonchev–Trinajstić information content (AvgIpc) is 2.10. The lowest BCUT2D eigenvalue weighted by molar-refractivity contribution is 1.12. The van der Waals surface area contributed by atoms with E-state index >= 15 is 0 Å². The van der Waals surface area contributed by atoms with Crippen LogP contribution in [0.2, 0.25) is 0 Å². The van der Waals surface area contributed by atoms with E-state index in [4.69, 9.17) is 0 Å². The molecule has 0 saturated carbocycles. The van der Waals surface area contributed by atoms with Gasteiger partial charge in [0.2, 0.25) is 0 Å². The van der Waals surface area contributed by atoms with Crippen molar-refractivity contribution in [3.05, 3.63) is 24.5 Å². The fraction of sp³-hybridized carbons (Fsp3) is 0.375. The van der Waals surface area contributed by atoms with Crippen molar-refractivity contribution in [1.82, 2.24) is 4.98 Å². The number of hydrogen-bond donors (Lipinski definition) is 1. The Kier molecular flexibility index (Phi) is 9.52. The molecule has 2 N–H and O–H groups in total. The van der Waals surface area contributed by atoms with Gasteiger partial charge in [-0.2, -0.15) is 0 Å². The zero-order valence-corrected chi connectivity index (χ0v) is 8.51. The zero-order chi connectivity index (χ0) is 8.69. The first-order valence-corrected chi connectivity index (χ1v) is 3.46. The topological polar surface area (TPSA) is 42.1 Å². The van der Waals surface area contributed by atoms with Crippen molar-refractivity contribution >= 4 is 18.1 Å². The molecule has 0 atom stereocenters. The molecule has 0 amide bonds. The summed E-state index contributed by atoms with van der Waals surface area (Å²) in [6.07, 6.45) is 3.57. The van der Waals surface area contributed by atoms with Crippen LogP contribution in [-0.4, -0.2) is 26.1 Å². The van der Waals surface area contributed by atoms with E-state index in [0.717, 1.165) is 0 Å². The van der Waals surface area contributed by atoms with Crippen molar-refractivity contribution < 1.29 is 0 Å². The first-order valence-electron chi connectivity index (χ1n) is 3.46. The Morgan fingerprint density at radius 3 is 1.83 bits per heavy atom. The van der Waals surface area contributed by atoms with Crippen LogP contribution in [0.1, 0.15) is 0 Å². The largest absolute Gasteiger partial charge is 0.378 e. The third kappa shape index (κ3) is 4.93. The molecular formula is C8H16ClN3. The van der Waals surface area contributed by atoms with E-state index in [1.807, 2.05) is 31.1 Å². The molecule has 0 saturated heterocycles. The Bertz CT molecular complexity index is 177. The first kappa shape index (κ1) is 13.8. The molecule has 1 aromatic heterocycles. The standard InChI is InChI=1S/C7H10N2.CH5N.ClH/c1-9(2)7-3-5-8-6-4-7;1-2;/h3-6H,1-2H3;2H2,1H3;1H. The van der Waals surface area contributed by atoms with Crippen molar-refractivity contribution in [2.45, 2.75) is 0 Å². The second kappa shape index (κ2) is 8.30. The molecule has 0 aliphatic carbocycles. The highest BCUT2D eigenvalue weighted by Gasteiger charge is 1.88. The molecule has 1 heterocycles. The third-order valence-electron chi connectivity index (χ3n) is 1.18. The predicted octanol–water partition coefficient (Wildman–Crippen LogP) is 1.14. The van der Waals surface area contributed by atoms with E-state index in [9.17, 15) is 0 Å². The smallest absolute Gasteiger partial charge is 0.0391 e. The molecule has 0 aromatic carbocycles. The highest BCUT2D eigenvalue weighted by Crippen LogP contribution is 2.05. The van der Waals surface area contributed by atoms with Gasteiger partial charge in [0.25, 0.3) is 0 Å². The van der Waals surface area contributed by atoms with Gasteiger partial charge in [0.1, 0.15) is 0 Å². The minimum absolute atomic E-state index is 0. The summed E-state index contributed by atoms with van der Waals surface area (Å²) >= 11 is 0. The number of nitrogens with two attached hydrogens (primary N) is 1. The van der Waals surface area contributed by atoms with Gasteiger partial charge in [-0.1, -0.05) is 0 Å². The second-order valence-electron chi connectivity index (χ2n) is 2.10. The van der Waals surface area contributed by atoms with E-state index in [1.54, 1.807) is 12.4 Å². The Hall–Kier alpha value is -0.800. The number of halogens is 1. The van der Waals surface area contributed by atoms with Gasteiger partial charge in [0.05, 0.1) is 0 Å². The summed E-state index contributed by atoms with van der Waals surface area (Å²) < 4.78 is 0. The van der Waals surface area contributed by atoms with Crippen LogP contribution in [0.5, 0.6) is 0 Å². The van der Waals surface area contributed by atoms with Crippen LogP contribution in [0.15, 0.2) is 24.5 Å². The molecule has 0 unspecified atom stereocenters. The highest BCUT2D eigenvalue weighted by molar-refractivity contribution is 5.85. The number of pyridine rings is 1. The third-order valence-corrected chi connectivity index (χ3v) is 1.18. The summed E-state index contributed by atoms with van der Waals surface area (Å²) in [7, 11) is 5.52. The predicted molar refractivity (Wildman–Crippen MR) is 55.9 cm³/mol. The number of anilines is 1. The molecule has 4 heteroatoms. The van der Waals surface area contributed by atoms with Crippen LogP contribution in [0.3, 0.4) is 0 Å². The number of aromatic nitrogens is 1. The minimum Gasteiger partial charge on any atom is -0.378 e. The van der Waals surface area contributed by atoms with Crippen molar-refractivity contribution in [3.8, 4) is 0 Å². The van der Waals surface area contributed by atoms with Gasteiger partial charge in [-0.25, -0.2) is 0 Å². The van der Waals surface area contributed by atoms with Crippen molar-refractivity contribution in [2.75, 3.05) is 26.0 Å². The van der Waals surface area contributed by atoms with Crippen molar-refractivity contribution in [3.63, 3.8) is 0 Å². The minimum atomic E-state index is 0. The lowest BCUT2D eigenvalue weighted by atomic mass is 10.4. The quantitative estimate of drug-likeness (QED) is 0.721. The normalized spacial score (nSPS) is 7.33. The molecule has 1 aromatic rings. The van der Waals surface area contributed by atoms with Gasteiger partial charge < -0.3 is 10.6 Å². The van der Waals surface area contributed by atoms with Crippen LogP contribution < -0.4 is 10.6 Å². The fourth-order valence-electron chi connectivity index (χ4n) is 0.642. The lowest BCUT2D eigenvalue weighted by Crippen LogP contribution is -2.07. The highest BCUT2D eigenvalue weighted by atomic mass is 35.5. The van der Waals surface area contributed by atoms with E-state index in [-0.39, 0.29) is 12.4 Å². The van der Waals surface area contributed by atoms with Gasteiger partial charge in [-0.3, -0.25) is 4.98 Å². The van der Waals surface area contributed by atoms with E-state index in [2.05, 4.69) is 10.7 Å². The molecule has 3 nitrogen and oxygen atoms in total. The average molecular weight is 190 g/mol. The molecule has 1 rings (SSSR count). The zero-order valence-electron chi connectivity index (χ0n) is 7.69. The maximum absolute atomic E-state index is 4.50. The molecule has 0 aliphatic heterocycles. The lowest BCUT2D eigenvalue weighted by Gasteiger charge is -2.10. The van der Waals surface area contributed by atoms with Crippen molar-refractivity contribution in [1.29, 1.82) is 0 Å². The molecule has 0 bridgehead atoms. The van der Waals surface area contributed by atoms with E-state index < -0.39 is 0 Å². The monoisotopic (exact) mass is 189 g/mol. The maximum Gasteiger partial charge on any atom is 0.0391 e. The summed E-state index contributed by atoms with van der Waals surface area (Å²) in [6.45, 7) is 0. The molecule has 0 aliphatic rings. The van der Waals surface area contributed by atoms with Gasteiger partial charge in [0.15, 0.2) is 0 Å². The van der Waals surface area contributed by atoms with Crippen LogP contribution in [-0.2, 0) is 0 Å². The first-order chi connectivity index (χ1) is 5.30. The summed E-state index contributed by atoms with van der Waals surface area (Å²) in [5, 5.41) is 0. The second-order valence-corrected chi connectivity index (χ2v) is 2.10. The van der Waals surface area contributed by atoms with Crippen LogP contribution in [0.25, 0.3) is 0 Å². The molecule has 0 fully saturated rings. The Morgan fingerprint density at radius 2 is 1.58 bits per heavy atom.